The van der Waals surface area contributed by atoms with Gasteiger partial charge in [-0.15, -0.1) is 0 Å². The van der Waals surface area contributed by atoms with E-state index in [9.17, 15) is 9.90 Å². The van der Waals surface area contributed by atoms with Crippen LogP contribution in [-0.2, 0) is 11.3 Å². The van der Waals surface area contributed by atoms with E-state index < -0.39 is 0 Å². The number of hydrogen-bond acceptors (Lipinski definition) is 6. The first-order valence-electron chi connectivity index (χ1n) is 9.93. The molecule has 27 heavy (non-hydrogen) atoms. The molecular weight excluding hydrogens is 344 g/mol. The van der Waals surface area contributed by atoms with Crippen molar-refractivity contribution in [2.24, 2.45) is 5.92 Å². The topological polar surface area (TPSA) is 70.8 Å². The Morgan fingerprint density at radius 2 is 1.96 bits per heavy atom. The van der Waals surface area contributed by atoms with Crippen molar-refractivity contribution in [1.82, 2.24) is 14.5 Å². The van der Waals surface area contributed by atoms with E-state index in [2.05, 4.69) is 14.8 Å². The Balaban J connectivity index is 1.31. The van der Waals surface area contributed by atoms with Crippen molar-refractivity contribution in [2.45, 2.75) is 31.5 Å². The Morgan fingerprint density at radius 1 is 1.15 bits per heavy atom. The van der Waals surface area contributed by atoms with Crippen LogP contribution < -0.4 is 10.5 Å². The first-order valence-corrected chi connectivity index (χ1v) is 9.93. The Kier molecular flexibility index (Phi) is 4.38. The molecule has 5 rings (SSSR count). The zero-order valence-corrected chi connectivity index (χ0v) is 15.5. The molecule has 1 aromatic heterocycles. The molecule has 7 heteroatoms. The van der Waals surface area contributed by atoms with Gasteiger partial charge in [0.25, 0.3) is 5.56 Å². The highest BCUT2D eigenvalue weighted by molar-refractivity contribution is 5.81. The van der Waals surface area contributed by atoms with Gasteiger partial charge in [-0.1, -0.05) is 0 Å². The zero-order valence-electron chi connectivity index (χ0n) is 15.5. The Bertz CT molecular complexity index is 886. The Labute approximate surface area is 158 Å². The van der Waals surface area contributed by atoms with Crippen LogP contribution in [0, 0.1) is 5.92 Å². The highest BCUT2D eigenvalue weighted by Gasteiger charge is 2.33. The maximum atomic E-state index is 12.7. The average molecular weight is 370 g/mol. The molecule has 0 radical (unpaired) electrons. The predicted octanol–water partition coefficient (Wildman–Crippen LogP) is 0.688. The van der Waals surface area contributed by atoms with Crippen LogP contribution in [0.4, 0.5) is 5.69 Å². The summed E-state index contributed by atoms with van der Waals surface area (Å²) in [5, 5.41) is 10.7. The van der Waals surface area contributed by atoms with Crippen LogP contribution in [0.25, 0.3) is 10.9 Å². The highest BCUT2D eigenvalue weighted by atomic mass is 16.5. The fraction of sp³-hybridized carbons (Fsp3) is 0.600. The lowest BCUT2D eigenvalue weighted by Gasteiger charge is -2.39. The van der Waals surface area contributed by atoms with Gasteiger partial charge in [-0.3, -0.25) is 14.3 Å². The molecule has 0 spiro atoms. The van der Waals surface area contributed by atoms with E-state index in [4.69, 9.17) is 4.74 Å². The van der Waals surface area contributed by atoms with Gasteiger partial charge in [-0.05, 0) is 37.0 Å². The summed E-state index contributed by atoms with van der Waals surface area (Å²) in [6.07, 6.45) is 3.77. The van der Waals surface area contributed by atoms with Gasteiger partial charge in [-0.2, -0.15) is 0 Å². The monoisotopic (exact) mass is 370 g/mol. The van der Waals surface area contributed by atoms with Crippen LogP contribution in [0.15, 0.2) is 29.3 Å². The van der Waals surface area contributed by atoms with Crippen LogP contribution in [-0.4, -0.2) is 71.1 Å². The summed E-state index contributed by atoms with van der Waals surface area (Å²) < 4.78 is 7.14. The molecule has 2 atom stereocenters. The van der Waals surface area contributed by atoms with Gasteiger partial charge in [-0.25, -0.2) is 4.98 Å². The van der Waals surface area contributed by atoms with E-state index in [0.29, 0.717) is 24.5 Å². The molecular formula is C20H26N4O3. The van der Waals surface area contributed by atoms with Crippen molar-refractivity contribution < 1.29 is 9.84 Å². The second kappa shape index (κ2) is 6.89. The average Bonchev–Trinajstić information content (AvgIpc) is 3.42. The number of rotatable bonds is 4. The van der Waals surface area contributed by atoms with E-state index in [-0.39, 0.29) is 17.7 Å². The first-order chi connectivity index (χ1) is 13.2. The van der Waals surface area contributed by atoms with E-state index >= 15 is 0 Å². The fourth-order valence-electron chi connectivity index (χ4n) is 4.24. The van der Waals surface area contributed by atoms with Gasteiger partial charge in [0.1, 0.15) is 0 Å². The second-order valence-electron chi connectivity index (χ2n) is 8.04. The predicted molar refractivity (Wildman–Crippen MR) is 103 cm³/mol. The summed E-state index contributed by atoms with van der Waals surface area (Å²) in [6.45, 7) is 5.45. The van der Waals surface area contributed by atoms with Crippen molar-refractivity contribution in [3.63, 3.8) is 0 Å². The summed E-state index contributed by atoms with van der Waals surface area (Å²) in [6, 6.07) is 6.11. The molecule has 3 heterocycles. The second-order valence-corrected chi connectivity index (χ2v) is 8.04. The van der Waals surface area contributed by atoms with Crippen LogP contribution in [0.3, 0.4) is 0 Å². The molecule has 1 N–H and O–H groups in total. The van der Waals surface area contributed by atoms with Crippen molar-refractivity contribution in [3.05, 3.63) is 34.9 Å². The minimum atomic E-state index is -0.376. The molecule has 2 unspecified atom stereocenters. The number of fused-ring (bicyclic) bond motifs is 1. The standard InChI is InChI=1S/C20H26N4O3/c25-19-12-27-11-18(19)23-7-5-22(6-8-23)15-3-4-16-17(9-15)21-13-24(20(16)26)10-14-1-2-14/h3-4,9,13-14,18-19,25H,1-2,5-8,10-12H2. The lowest BCUT2D eigenvalue weighted by Crippen LogP contribution is -2.53. The quantitative estimate of drug-likeness (QED) is 0.854. The van der Waals surface area contributed by atoms with Crippen molar-refractivity contribution in [2.75, 3.05) is 44.3 Å². The minimum Gasteiger partial charge on any atom is -0.389 e. The molecule has 0 amide bonds. The third-order valence-electron chi connectivity index (χ3n) is 6.13. The largest absolute Gasteiger partial charge is 0.389 e. The van der Waals surface area contributed by atoms with Gasteiger partial charge < -0.3 is 14.7 Å². The van der Waals surface area contributed by atoms with Crippen molar-refractivity contribution >= 4 is 16.6 Å². The molecule has 7 nitrogen and oxygen atoms in total. The number of anilines is 1. The summed E-state index contributed by atoms with van der Waals surface area (Å²) in [7, 11) is 0. The molecule has 3 aliphatic rings. The maximum Gasteiger partial charge on any atom is 0.261 e. The zero-order chi connectivity index (χ0) is 18.4. The lowest BCUT2D eigenvalue weighted by atomic mass is 10.1. The van der Waals surface area contributed by atoms with Crippen LogP contribution >= 0.6 is 0 Å². The third kappa shape index (κ3) is 3.35. The van der Waals surface area contributed by atoms with Crippen LogP contribution in [0.2, 0.25) is 0 Å². The molecule has 1 aromatic carbocycles. The molecule has 2 aliphatic heterocycles. The normalized spacial score (nSPS) is 26.8. The van der Waals surface area contributed by atoms with Crippen molar-refractivity contribution in [1.29, 1.82) is 0 Å². The number of nitrogens with zero attached hydrogens (tertiary/aromatic N) is 4. The maximum absolute atomic E-state index is 12.7. The van der Waals surface area contributed by atoms with Gasteiger partial charge >= 0.3 is 0 Å². The number of aliphatic hydroxyl groups is 1. The van der Waals surface area contributed by atoms with E-state index in [1.807, 2.05) is 18.2 Å². The van der Waals surface area contributed by atoms with Crippen LogP contribution in [0.1, 0.15) is 12.8 Å². The molecule has 144 valence electrons. The molecule has 2 aromatic rings. The van der Waals surface area contributed by atoms with Gasteiger partial charge in [0.2, 0.25) is 0 Å². The van der Waals surface area contributed by atoms with Gasteiger partial charge in [0.15, 0.2) is 0 Å². The summed E-state index contributed by atoms with van der Waals surface area (Å²) in [5.74, 6) is 0.654. The summed E-state index contributed by atoms with van der Waals surface area (Å²) >= 11 is 0. The number of piperazine rings is 1. The molecule has 1 saturated carbocycles. The number of aliphatic hydroxyl groups excluding tert-OH is 1. The number of aromatic nitrogens is 2. The number of benzene rings is 1. The van der Waals surface area contributed by atoms with Crippen LogP contribution in [0.5, 0.6) is 0 Å². The van der Waals surface area contributed by atoms with E-state index in [0.717, 1.165) is 43.9 Å². The summed E-state index contributed by atoms with van der Waals surface area (Å²) in [4.78, 5) is 21.9. The van der Waals surface area contributed by atoms with E-state index in [1.54, 1.807) is 10.9 Å². The third-order valence-corrected chi connectivity index (χ3v) is 6.13. The van der Waals surface area contributed by atoms with Gasteiger partial charge in [0.05, 0.1) is 42.6 Å². The molecule has 2 saturated heterocycles. The first kappa shape index (κ1) is 17.2. The smallest absolute Gasteiger partial charge is 0.261 e. The Hall–Kier alpha value is -1.96. The molecule has 1 aliphatic carbocycles. The fourth-order valence-corrected chi connectivity index (χ4v) is 4.24. The summed E-state index contributed by atoms with van der Waals surface area (Å²) in [5.41, 5.74) is 1.95. The number of ether oxygens (including phenoxy) is 1. The highest BCUT2D eigenvalue weighted by Crippen LogP contribution is 2.30. The van der Waals surface area contributed by atoms with E-state index in [1.165, 1.54) is 12.8 Å². The van der Waals surface area contributed by atoms with Crippen molar-refractivity contribution in [3.8, 4) is 0 Å². The minimum absolute atomic E-state index is 0.0680. The lowest BCUT2D eigenvalue weighted by molar-refractivity contribution is 0.0785. The molecule has 0 bridgehead atoms. The SMILES string of the molecule is O=c1c2ccc(N3CCN(C4COCC4O)CC3)cc2ncn1CC1CC1. The van der Waals surface area contributed by atoms with Gasteiger partial charge in [0, 0.05) is 38.4 Å². The Morgan fingerprint density at radius 3 is 2.67 bits per heavy atom. The molecule has 3 fully saturated rings. The number of hydrogen-bond donors (Lipinski definition) is 1.